The summed E-state index contributed by atoms with van der Waals surface area (Å²) >= 11 is 0.795. The van der Waals surface area contributed by atoms with Crippen LogP contribution in [0.1, 0.15) is 15.4 Å². The molecule has 2 amide bonds. The molecule has 0 aliphatic heterocycles. The van der Waals surface area contributed by atoms with Crippen molar-refractivity contribution in [2.75, 3.05) is 32.9 Å². The van der Waals surface area contributed by atoms with Crippen LogP contribution in [0.15, 0.2) is 0 Å². The van der Waals surface area contributed by atoms with Gasteiger partial charge in [0.1, 0.15) is 18.0 Å². The quantitative estimate of drug-likeness (QED) is 0.900. The van der Waals surface area contributed by atoms with Crippen LogP contribution in [0.25, 0.3) is 0 Å². The number of thiazole rings is 1. The van der Waals surface area contributed by atoms with Crippen molar-refractivity contribution >= 4 is 28.3 Å². The fourth-order valence-electron chi connectivity index (χ4n) is 1.48. The Morgan fingerprint density at radius 2 is 1.90 bits per heavy atom. The number of carbonyl (C=O) groups is 2. The van der Waals surface area contributed by atoms with Crippen molar-refractivity contribution < 1.29 is 22.8 Å². The molecule has 2 N–H and O–H groups in total. The van der Waals surface area contributed by atoms with Crippen LogP contribution in [0.3, 0.4) is 0 Å². The van der Waals surface area contributed by atoms with E-state index in [0.717, 1.165) is 16.2 Å². The zero-order valence-electron chi connectivity index (χ0n) is 11.7. The monoisotopic (exact) mass is 324 g/mol. The summed E-state index contributed by atoms with van der Waals surface area (Å²) in [5, 5.41) is 0.0849. The second-order valence-electron chi connectivity index (χ2n) is 4.53. The van der Waals surface area contributed by atoms with Crippen molar-refractivity contribution in [3.8, 4) is 0 Å². The van der Waals surface area contributed by atoms with Gasteiger partial charge >= 0.3 is 6.18 Å². The number of nitrogens with two attached hydrogens (primary N) is 1. The second kappa shape index (κ2) is 6.29. The molecule has 1 rings (SSSR count). The number of aryl methyl sites for hydroxylation is 1. The minimum Gasteiger partial charge on any atom is -0.375 e. The summed E-state index contributed by atoms with van der Waals surface area (Å²) in [6, 6.07) is 0. The highest BCUT2D eigenvalue weighted by Gasteiger charge is 2.35. The molecule has 10 heteroatoms. The van der Waals surface area contributed by atoms with E-state index < -0.39 is 31.1 Å². The summed E-state index contributed by atoms with van der Waals surface area (Å²) in [7, 11) is 2.79. The average molecular weight is 324 g/mol. The average Bonchev–Trinajstić information content (AvgIpc) is 2.64. The zero-order chi connectivity index (χ0) is 16.4. The van der Waals surface area contributed by atoms with Crippen LogP contribution < -0.4 is 5.73 Å². The number of nitrogen functional groups attached to an aromatic ring is 1. The lowest BCUT2D eigenvalue weighted by molar-refractivity contribution is -0.146. The van der Waals surface area contributed by atoms with E-state index in [1.807, 2.05) is 0 Å². The Balaban J connectivity index is 3.02. The van der Waals surface area contributed by atoms with E-state index in [0.29, 0.717) is 4.90 Å². The first-order valence-corrected chi connectivity index (χ1v) is 6.62. The first-order valence-electron chi connectivity index (χ1n) is 5.80. The molecule has 0 radical (unpaired) electrons. The summed E-state index contributed by atoms with van der Waals surface area (Å²) in [5.41, 5.74) is 5.68. The third-order valence-corrected chi connectivity index (χ3v) is 3.46. The molecule has 118 valence electrons. The van der Waals surface area contributed by atoms with Crippen LogP contribution in [0.4, 0.5) is 18.3 Å². The molecular weight excluding hydrogens is 309 g/mol. The van der Waals surface area contributed by atoms with E-state index in [9.17, 15) is 22.8 Å². The Bertz CT molecular complexity index is 542. The number of carbonyl (C=O) groups excluding carboxylic acids is 2. The van der Waals surface area contributed by atoms with E-state index >= 15 is 0 Å². The first kappa shape index (κ1) is 17.2. The summed E-state index contributed by atoms with van der Waals surface area (Å²) in [4.78, 5) is 29.1. The van der Waals surface area contributed by atoms with Crippen molar-refractivity contribution in [2.24, 2.45) is 0 Å². The SMILES string of the molecule is Cc1nc(N)sc1C(=O)N(CC(=O)N(C)C)CC(F)(F)F. The van der Waals surface area contributed by atoms with Crippen molar-refractivity contribution in [3.63, 3.8) is 0 Å². The number of aromatic nitrogens is 1. The molecule has 1 aromatic heterocycles. The van der Waals surface area contributed by atoms with Gasteiger partial charge in [0, 0.05) is 14.1 Å². The molecule has 0 fully saturated rings. The highest BCUT2D eigenvalue weighted by atomic mass is 32.1. The normalized spacial score (nSPS) is 11.3. The van der Waals surface area contributed by atoms with E-state index in [4.69, 9.17) is 5.73 Å². The van der Waals surface area contributed by atoms with Gasteiger partial charge in [0.05, 0.1) is 5.69 Å². The number of rotatable bonds is 4. The highest BCUT2D eigenvalue weighted by molar-refractivity contribution is 7.17. The molecule has 1 aromatic rings. The van der Waals surface area contributed by atoms with Crippen molar-refractivity contribution in [3.05, 3.63) is 10.6 Å². The Kier molecular flexibility index (Phi) is 5.15. The summed E-state index contributed by atoms with van der Waals surface area (Å²) in [6.07, 6.45) is -4.60. The predicted molar refractivity (Wildman–Crippen MR) is 71.9 cm³/mol. The number of halogens is 3. The van der Waals surface area contributed by atoms with Gasteiger partial charge in [-0.3, -0.25) is 9.59 Å². The maximum absolute atomic E-state index is 12.6. The minimum absolute atomic E-state index is 0.00306. The molecule has 0 unspecified atom stereocenters. The topological polar surface area (TPSA) is 79.5 Å². The number of hydrogen-bond donors (Lipinski definition) is 1. The molecule has 0 atom stereocenters. The fraction of sp³-hybridized carbons (Fsp3) is 0.545. The lowest BCUT2D eigenvalue weighted by Crippen LogP contribution is -2.44. The number of alkyl halides is 3. The van der Waals surface area contributed by atoms with Gasteiger partial charge in [-0.25, -0.2) is 4.98 Å². The third kappa shape index (κ3) is 4.88. The lowest BCUT2D eigenvalue weighted by atomic mass is 10.3. The van der Waals surface area contributed by atoms with Crippen LogP contribution >= 0.6 is 11.3 Å². The highest BCUT2D eigenvalue weighted by Crippen LogP contribution is 2.24. The van der Waals surface area contributed by atoms with Crippen LogP contribution in [-0.2, 0) is 4.79 Å². The Morgan fingerprint density at radius 1 is 1.33 bits per heavy atom. The molecule has 0 aliphatic rings. The third-order valence-electron chi connectivity index (χ3n) is 2.49. The standard InChI is InChI=1S/C11H15F3N4O2S/c1-6-8(21-10(15)16-6)9(20)18(5-11(12,13)14)4-7(19)17(2)3/h4-5H2,1-3H3,(H2,15,16). The largest absolute Gasteiger partial charge is 0.406 e. The van der Waals surface area contributed by atoms with Crippen molar-refractivity contribution in [2.45, 2.75) is 13.1 Å². The van der Waals surface area contributed by atoms with Gasteiger partial charge in [-0.1, -0.05) is 11.3 Å². The summed E-state index contributed by atoms with van der Waals surface area (Å²) in [6.45, 7) is -0.703. The Hall–Kier alpha value is -1.84. The Labute approximate surface area is 123 Å². The molecule has 0 aliphatic carbocycles. The minimum atomic E-state index is -4.60. The smallest absolute Gasteiger partial charge is 0.375 e. The van der Waals surface area contributed by atoms with Gasteiger partial charge in [-0.05, 0) is 6.92 Å². The second-order valence-corrected chi connectivity index (χ2v) is 5.56. The van der Waals surface area contributed by atoms with E-state index in [-0.39, 0.29) is 15.7 Å². The van der Waals surface area contributed by atoms with Crippen LogP contribution in [0.5, 0.6) is 0 Å². The van der Waals surface area contributed by atoms with Gasteiger partial charge in [0.25, 0.3) is 5.91 Å². The number of likely N-dealkylation sites (N-methyl/N-ethyl adjacent to an activating group) is 1. The van der Waals surface area contributed by atoms with Crippen LogP contribution in [-0.4, -0.2) is 60.0 Å². The first-order chi connectivity index (χ1) is 9.51. The molecule has 0 aromatic carbocycles. The maximum Gasteiger partial charge on any atom is 0.406 e. The van der Waals surface area contributed by atoms with Gasteiger partial charge in [0.2, 0.25) is 5.91 Å². The maximum atomic E-state index is 12.6. The predicted octanol–water partition coefficient (Wildman–Crippen LogP) is 1.13. The van der Waals surface area contributed by atoms with E-state index in [2.05, 4.69) is 4.98 Å². The van der Waals surface area contributed by atoms with Crippen LogP contribution in [0, 0.1) is 6.92 Å². The van der Waals surface area contributed by atoms with Crippen LogP contribution in [0.2, 0.25) is 0 Å². The molecule has 0 spiro atoms. The van der Waals surface area contributed by atoms with Crippen molar-refractivity contribution in [1.29, 1.82) is 0 Å². The molecule has 0 saturated heterocycles. The van der Waals surface area contributed by atoms with Crippen molar-refractivity contribution in [1.82, 2.24) is 14.8 Å². The fourth-order valence-corrected chi connectivity index (χ4v) is 2.28. The number of nitrogens with zero attached hydrogens (tertiary/aromatic N) is 3. The van der Waals surface area contributed by atoms with E-state index in [1.54, 1.807) is 0 Å². The molecule has 21 heavy (non-hydrogen) atoms. The molecular formula is C11H15F3N4O2S. The number of hydrogen-bond acceptors (Lipinski definition) is 5. The molecule has 0 saturated carbocycles. The number of amides is 2. The van der Waals surface area contributed by atoms with Gasteiger partial charge in [-0.15, -0.1) is 0 Å². The molecule has 1 heterocycles. The lowest BCUT2D eigenvalue weighted by Gasteiger charge is -2.24. The number of anilines is 1. The Morgan fingerprint density at radius 3 is 2.29 bits per heavy atom. The van der Waals surface area contributed by atoms with Gasteiger partial charge in [-0.2, -0.15) is 13.2 Å². The summed E-state index contributed by atoms with van der Waals surface area (Å²) < 4.78 is 37.8. The van der Waals surface area contributed by atoms with Gasteiger partial charge in [0.15, 0.2) is 5.13 Å². The molecule has 0 bridgehead atoms. The van der Waals surface area contributed by atoms with Gasteiger partial charge < -0.3 is 15.5 Å². The van der Waals surface area contributed by atoms with E-state index in [1.165, 1.54) is 21.0 Å². The zero-order valence-corrected chi connectivity index (χ0v) is 12.5. The summed E-state index contributed by atoms with van der Waals surface area (Å²) in [5.74, 6) is -1.52. The molecule has 6 nitrogen and oxygen atoms in total.